The summed E-state index contributed by atoms with van der Waals surface area (Å²) in [5, 5.41) is 8.70. The molecule has 1 fully saturated rings. The Morgan fingerprint density at radius 2 is 2.21 bits per heavy atom. The molecular weight excluding hydrogens is 198 g/mol. The Balaban J connectivity index is 2.51. The number of nitriles is 1. The zero-order chi connectivity index (χ0) is 10.6. The average Bonchev–Trinajstić information content (AvgIpc) is 2.40. The zero-order valence-electron chi connectivity index (χ0n) is 8.48. The topological polar surface area (TPSA) is 70.1 Å². The largest absolute Gasteiger partial charge is 0.315 e. The van der Waals surface area contributed by atoms with Crippen molar-refractivity contribution in [1.82, 2.24) is 4.90 Å². The molecular formula is C9H17N3OS. The van der Waals surface area contributed by atoms with Crippen LogP contribution in [0.3, 0.4) is 0 Å². The summed E-state index contributed by atoms with van der Waals surface area (Å²) in [5.74, 6) is 1.49. The first kappa shape index (κ1) is 11.6. The van der Waals surface area contributed by atoms with Gasteiger partial charge in [-0.05, 0) is 19.9 Å². The summed E-state index contributed by atoms with van der Waals surface area (Å²) in [6.07, 6.45) is 0.940. The minimum Gasteiger partial charge on any atom is -0.315 e. The van der Waals surface area contributed by atoms with E-state index >= 15 is 0 Å². The summed E-state index contributed by atoms with van der Waals surface area (Å²) in [6.45, 7) is 3.66. The lowest BCUT2D eigenvalue weighted by atomic mass is 10.1. The molecule has 0 aromatic rings. The van der Waals surface area contributed by atoms with Gasteiger partial charge < -0.3 is 5.73 Å². The molecule has 0 saturated carbocycles. The van der Waals surface area contributed by atoms with Crippen LogP contribution in [0, 0.1) is 11.3 Å². The summed E-state index contributed by atoms with van der Waals surface area (Å²) < 4.78 is 11.3. The Labute approximate surface area is 87.5 Å². The first-order valence-electron chi connectivity index (χ1n) is 4.89. The van der Waals surface area contributed by atoms with Gasteiger partial charge in [0.05, 0.1) is 6.07 Å². The van der Waals surface area contributed by atoms with Crippen LogP contribution in [0.25, 0.3) is 0 Å². The molecule has 80 valence electrons. The molecule has 0 spiro atoms. The monoisotopic (exact) mass is 215 g/mol. The van der Waals surface area contributed by atoms with Gasteiger partial charge >= 0.3 is 0 Å². The predicted octanol–water partition coefficient (Wildman–Crippen LogP) is -0.320. The molecule has 1 rings (SSSR count). The van der Waals surface area contributed by atoms with Crippen LogP contribution in [0.4, 0.5) is 0 Å². The molecule has 4 nitrogen and oxygen atoms in total. The van der Waals surface area contributed by atoms with Gasteiger partial charge in [-0.2, -0.15) is 5.26 Å². The van der Waals surface area contributed by atoms with Crippen molar-refractivity contribution in [2.75, 3.05) is 24.6 Å². The molecule has 3 atom stereocenters. The summed E-state index contributed by atoms with van der Waals surface area (Å²) in [4.78, 5) is 2.17. The molecule has 2 N–H and O–H groups in total. The van der Waals surface area contributed by atoms with E-state index in [1.54, 1.807) is 0 Å². The van der Waals surface area contributed by atoms with Gasteiger partial charge in [0.2, 0.25) is 0 Å². The second-order valence-corrected chi connectivity index (χ2v) is 5.33. The quantitative estimate of drug-likeness (QED) is 0.685. The van der Waals surface area contributed by atoms with Crippen molar-refractivity contribution in [1.29, 1.82) is 5.26 Å². The first-order chi connectivity index (χ1) is 6.65. The molecule has 1 heterocycles. The normalized spacial score (nSPS) is 28.8. The molecule has 0 amide bonds. The van der Waals surface area contributed by atoms with Crippen molar-refractivity contribution >= 4 is 10.8 Å². The van der Waals surface area contributed by atoms with Crippen LogP contribution in [0.5, 0.6) is 0 Å². The van der Waals surface area contributed by atoms with E-state index in [-0.39, 0.29) is 6.04 Å². The number of nitrogens with zero attached hydrogens (tertiary/aromatic N) is 2. The Morgan fingerprint density at radius 3 is 2.86 bits per heavy atom. The van der Waals surface area contributed by atoms with Gasteiger partial charge in [0.1, 0.15) is 6.04 Å². The Morgan fingerprint density at radius 1 is 1.50 bits per heavy atom. The van der Waals surface area contributed by atoms with E-state index in [0.717, 1.165) is 25.3 Å². The zero-order valence-corrected chi connectivity index (χ0v) is 9.30. The second kappa shape index (κ2) is 5.44. The third-order valence-electron chi connectivity index (χ3n) is 2.67. The van der Waals surface area contributed by atoms with Gasteiger partial charge in [-0.25, -0.2) is 0 Å². The number of hydrogen-bond acceptors (Lipinski definition) is 4. The first-order valence-corrected chi connectivity index (χ1v) is 6.38. The van der Waals surface area contributed by atoms with Crippen LogP contribution in [0.2, 0.25) is 0 Å². The fourth-order valence-electron chi connectivity index (χ4n) is 1.60. The van der Waals surface area contributed by atoms with Gasteiger partial charge in [-0.15, -0.1) is 0 Å². The Kier molecular flexibility index (Phi) is 4.52. The van der Waals surface area contributed by atoms with Crippen LogP contribution in [0.15, 0.2) is 0 Å². The maximum Gasteiger partial charge on any atom is 0.108 e. The molecule has 0 bridgehead atoms. The van der Waals surface area contributed by atoms with E-state index in [0.29, 0.717) is 5.75 Å². The number of nitrogens with two attached hydrogens (primary N) is 1. The smallest absolute Gasteiger partial charge is 0.108 e. The lowest BCUT2D eigenvalue weighted by Gasteiger charge is -2.28. The summed E-state index contributed by atoms with van der Waals surface area (Å²) in [6, 6.07) is 1.68. The van der Waals surface area contributed by atoms with Crippen LogP contribution in [0.1, 0.15) is 13.3 Å². The van der Waals surface area contributed by atoms with Gasteiger partial charge in [-0.1, -0.05) is 0 Å². The third kappa shape index (κ3) is 3.05. The van der Waals surface area contributed by atoms with Gasteiger partial charge in [0, 0.05) is 34.9 Å². The SMILES string of the molecule is CC(C(N)C#N)N1CCCS(=O)CC1. The highest BCUT2D eigenvalue weighted by atomic mass is 32.2. The fraction of sp³-hybridized carbons (Fsp3) is 0.889. The average molecular weight is 215 g/mol. The van der Waals surface area contributed by atoms with Gasteiger partial charge in [0.15, 0.2) is 0 Å². The van der Waals surface area contributed by atoms with Crippen LogP contribution < -0.4 is 5.73 Å². The molecule has 0 aliphatic carbocycles. The van der Waals surface area contributed by atoms with E-state index in [2.05, 4.69) is 11.0 Å². The molecule has 3 unspecified atom stereocenters. The van der Waals surface area contributed by atoms with Crippen molar-refractivity contribution in [2.45, 2.75) is 25.4 Å². The lowest BCUT2D eigenvalue weighted by molar-refractivity contribution is 0.213. The minimum atomic E-state index is -0.675. The Bertz CT molecular complexity index is 251. The summed E-state index contributed by atoms with van der Waals surface area (Å²) in [5.41, 5.74) is 5.65. The molecule has 1 aliphatic heterocycles. The molecule has 14 heavy (non-hydrogen) atoms. The standard InChI is InChI=1S/C9H17N3OS/c1-8(9(11)7-10)12-3-2-5-14(13)6-4-12/h8-9H,2-6,11H2,1H3. The number of hydrogen-bond donors (Lipinski definition) is 1. The van der Waals surface area contributed by atoms with Crippen molar-refractivity contribution in [3.05, 3.63) is 0 Å². The third-order valence-corrected chi connectivity index (χ3v) is 4.05. The predicted molar refractivity (Wildman–Crippen MR) is 57.1 cm³/mol. The lowest BCUT2D eigenvalue weighted by Crippen LogP contribution is -2.46. The van der Waals surface area contributed by atoms with Crippen molar-refractivity contribution in [3.63, 3.8) is 0 Å². The maximum atomic E-state index is 11.3. The van der Waals surface area contributed by atoms with Crippen LogP contribution >= 0.6 is 0 Å². The maximum absolute atomic E-state index is 11.3. The van der Waals surface area contributed by atoms with Gasteiger partial charge in [-0.3, -0.25) is 9.11 Å². The highest BCUT2D eigenvalue weighted by Gasteiger charge is 2.22. The highest BCUT2D eigenvalue weighted by Crippen LogP contribution is 2.08. The Hall–Kier alpha value is -0.440. The highest BCUT2D eigenvalue weighted by molar-refractivity contribution is 7.85. The molecule has 1 aliphatic rings. The van der Waals surface area contributed by atoms with E-state index < -0.39 is 16.8 Å². The molecule has 0 aromatic heterocycles. The number of rotatable bonds is 2. The molecule has 1 saturated heterocycles. The fourth-order valence-corrected chi connectivity index (χ4v) is 2.70. The van der Waals surface area contributed by atoms with E-state index in [4.69, 9.17) is 11.0 Å². The van der Waals surface area contributed by atoms with Crippen LogP contribution in [-0.4, -0.2) is 45.8 Å². The minimum absolute atomic E-state index is 0.0649. The van der Waals surface area contributed by atoms with E-state index in [9.17, 15) is 4.21 Å². The van der Waals surface area contributed by atoms with Gasteiger partial charge in [0.25, 0.3) is 0 Å². The summed E-state index contributed by atoms with van der Waals surface area (Å²) >= 11 is 0. The second-order valence-electron chi connectivity index (χ2n) is 3.63. The summed E-state index contributed by atoms with van der Waals surface area (Å²) in [7, 11) is -0.675. The van der Waals surface area contributed by atoms with Crippen LogP contribution in [-0.2, 0) is 10.8 Å². The van der Waals surface area contributed by atoms with Crippen molar-refractivity contribution in [2.24, 2.45) is 5.73 Å². The molecule has 0 radical (unpaired) electrons. The van der Waals surface area contributed by atoms with E-state index in [1.165, 1.54) is 0 Å². The van der Waals surface area contributed by atoms with Crippen molar-refractivity contribution in [3.8, 4) is 6.07 Å². The van der Waals surface area contributed by atoms with Crippen molar-refractivity contribution < 1.29 is 4.21 Å². The molecule has 5 heteroatoms. The molecule has 0 aromatic carbocycles. The van der Waals surface area contributed by atoms with E-state index in [1.807, 2.05) is 6.92 Å².